The molecule has 98 valence electrons. The van der Waals surface area contributed by atoms with Gasteiger partial charge in [-0.3, -0.25) is 4.79 Å². The Bertz CT molecular complexity index is 452. The summed E-state index contributed by atoms with van der Waals surface area (Å²) in [5.74, 6) is -0.665. The quantitative estimate of drug-likeness (QED) is 0.873. The van der Waals surface area contributed by atoms with Gasteiger partial charge < -0.3 is 15.8 Å². The number of anilines is 1. The number of halogens is 3. The third kappa shape index (κ3) is 3.13. The van der Waals surface area contributed by atoms with Crippen LogP contribution in [0.1, 0.15) is 12.8 Å². The highest BCUT2D eigenvalue weighted by atomic mass is 19.4. The van der Waals surface area contributed by atoms with Crippen molar-refractivity contribution >= 4 is 11.6 Å². The third-order valence-corrected chi connectivity index (χ3v) is 2.59. The molecule has 1 aliphatic carbocycles. The average molecular weight is 260 g/mol. The number of carbonyl (C=O) groups is 1. The number of benzene rings is 1. The smallest absolute Gasteiger partial charge is 0.406 e. The zero-order valence-electron chi connectivity index (χ0n) is 9.25. The summed E-state index contributed by atoms with van der Waals surface area (Å²) in [4.78, 5) is 11.6. The van der Waals surface area contributed by atoms with Gasteiger partial charge in [-0.15, -0.1) is 13.2 Å². The Morgan fingerprint density at radius 3 is 2.28 bits per heavy atom. The van der Waals surface area contributed by atoms with E-state index >= 15 is 0 Å². The minimum absolute atomic E-state index is 0.327. The van der Waals surface area contributed by atoms with Gasteiger partial charge in [-0.25, -0.2) is 0 Å². The number of nitrogens with one attached hydrogen (secondary N) is 1. The summed E-state index contributed by atoms with van der Waals surface area (Å²) >= 11 is 0. The topological polar surface area (TPSA) is 64.4 Å². The second-order valence-corrected chi connectivity index (χ2v) is 4.18. The van der Waals surface area contributed by atoms with E-state index in [2.05, 4.69) is 10.1 Å². The number of rotatable bonds is 3. The van der Waals surface area contributed by atoms with Crippen LogP contribution in [-0.2, 0) is 4.79 Å². The Labute approximate surface area is 101 Å². The molecule has 2 rings (SSSR count). The fraction of sp³-hybridized carbons (Fsp3) is 0.364. The molecule has 0 spiro atoms. The predicted octanol–water partition coefficient (Wildman–Crippen LogP) is 2.01. The highest BCUT2D eigenvalue weighted by Gasteiger charge is 2.45. The number of hydrogen-bond acceptors (Lipinski definition) is 3. The fourth-order valence-electron chi connectivity index (χ4n) is 1.36. The van der Waals surface area contributed by atoms with Crippen molar-refractivity contribution in [3.05, 3.63) is 24.3 Å². The zero-order valence-corrected chi connectivity index (χ0v) is 9.25. The lowest BCUT2D eigenvalue weighted by Crippen LogP contribution is -2.37. The van der Waals surface area contributed by atoms with Crippen molar-refractivity contribution in [3.8, 4) is 5.75 Å². The SMILES string of the molecule is NC1(C(=O)Nc2ccc(OC(F)(F)F)cc2)CC1. The average Bonchev–Trinajstić information content (AvgIpc) is 2.99. The summed E-state index contributed by atoms with van der Waals surface area (Å²) in [5, 5.41) is 2.53. The monoisotopic (exact) mass is 260 g/mol. The van der Waals surface area contributed by atoms with Crippen LogP contribution in [0.4, 0.5) is 18.9 Å². The molecule has 0 aliphatic heterocycles. The Kier molecular flexibility index (Phi) is 2.94. The lowest BCUT2D eigenvalue weighted by Gasteiger charge is -2.11. The van der Waals surface area contributed by atoms with Gasteiger partial charge in [0.05, 0.1) is 5.54 Å². The first kappa shape index (κ1) is 12.7. The van der Waals surface area contributed by atoms with E-state index < -0.39 is 11.9 Å². The van der Waals surface area contributed by atoms with E-state index in [-0.39, 0.29) is 11.7 Å². The Balaban J connectivity index is 1.97. The normalized spacial score (nSPS) is 17.1. The standard InChI is InChI=1S/C11H11F3N2O2/c12-11(13,14)18-8-3-1-7(2-4-8)16-9(17)10(15)5-6-10/h1-4H,5-6,15H2,(H,16,17). The molecular weight excluding hydrogens is 249 g/mol. The molecule has 0 bridgehead atoms. The molecule has 0 atom stereocenters. The van der Waals surface area contributed by atoms with E-state index in [9.17, 15) is 18.0 Å². The molecule has 1 saturated carbocycles. The molecule has 0 radical (unpaired) electrons. The van der Waals surface area contributed by atoms with Crippen LogP contribution < -0.4 is 15.8 Å². The van der Waals surface area contributed by atoms with Crippen molar-refractivity contribution in [2.45, 2.75) is 24.7 Å². The lowest BCUT2D eigenvalue weighted by molar-refractivity contribution is -0.274. The van der Waals surface area contributed by atoms with Crippen molar-refractivity contribution in [1.29, 1.82) is 0 Å². The molecule has 0 unspecified atom stereocenters. The summed E-state index contributed by atoms with van der Waals surface area (Å²) in [7, 11) is 0. The largest absolute Gasteiger partial charge is 0.573 e. The van der Waals surface area contributed by atoms with Gasteiger partial charge in [-0.05, 0) is 37.1 Å². The minimum atomic E-state index is -4.72. The van der Waals surface area contributed by atoms with Crippen molar-refractivity contribution in [2.24, 2.45) is 5.73 Å². The molecular formula is C11H11F3N2O2. The maximum atomic E-state index is 11.9. The molecule has 1 fully saturated rings. The van der Waals surface area contributed by atoms with Crippen LogP contribution in [0, 0.1) is 0 Å². The van der Waals surface area contributed by atoms with Crippen LogP contribution in [0.25, 0.3) is 0 Å². The van der Waals surface area contributed by atoms with Gasteiger partial charge in [0.2, 0.25) is 5.91 Å². The summed E-state index contributed by atoms with van der Waals surface area (Å²) in [5.41, 5.74) is 5.23. The lowest BCUT2D eigenvalue weighted by atomic mass is 10.2. The van der Waals surface area contributed by atoms with E-state index in [0.717, 1.165) is 12.1 Å². The molecule has 7 heteroatoms. The van der Waals surface area contributed by atoms with Gasteiger partial charge in [0.1, 0.15) is 5.75 Å². The first-order valence-electron chi connectivity index (χ1n) is 5.25. The maximum Gasteiger partial charge on any atom is 0.573 e. The first-order chi connectivity index (χ1) is 8.28. The summed E-state index contributed by atoms with van der Waals surface area (Å²) in [6.07, 6.45) is -3.48. The van der Waals surface area contributed by atoms with Crippen LogP contribution >= 0.6 is 0 Å². The van der Waals surface area contributed by atoms with Crippen molar-refractivity contribution in [1.82, 2.24) is 0 Å². The van der Waals surface area contributed by atoms with E-state index in [1.54, 1.807) is 0 Å². The molecule has 18 heavy (non-hydrogen) atoms. The number of alkyl halides is 3. The van der Waals surface area contributed by atoms with Gasteiger partial charge in [-0.1, -0.05) is 0 Å². The molecule has 0 heterocycles. The van der Waals surface area contributed by atoms with Gasteiger partial charge in [0, 0.05) is 5.69 Å². The van der Waals surface area contributed by atoms with E-state index in [1.165, 1.54) is 12.1 Å². The number of ether oxygens (including phenoxy) is 1. The van der Waals surface area contributed by atoms with Crippen LogP contribution in [-0.4, -0.2) is 17.8 Å². The molecule has 1 aromatic carbocycles. The fourth-order valence-corrected chi connectivity index (χ4v) is 1.36. The summed E-state index contributed by atoms with van der Waals surface area (Å²) in [6, 6.07) is 4.90. The highest BCUT2D eigenvalue weighted by molar-refractivity contribution is 6.00. The van der Waals surface area contributed by atoms with Gasteiger partial charge in [0.15, 0.2) is 0 Å². The second kappa shape index (κ2) is 4.16. The van der Waals surface area contributed by atoms with Crippen LogP contribution in [0.5, 0.6) is 5.75 Å². The molecule has 3 N–H and O–H groups in total. The molecule has 0 saturated heterocycles. The number of nitrogens with two attached hydrogens (primary N) is 1. The Morgan fingerprint density at radius 1 is 1.28 bits per heavy atom. The van der Waals surface area contributed by atoms with Gasteiger partial charge in [0.25, 0.3) is 0 Å². The highest BCUT2D eigenvalue weighted by Crippen LogP contribution is 2.33. The molecule has 1 aliphatic rings. The number of carbonyl (C=O) groups excluding carboxylic acids is 1. The van der Waals surface area contributed by atoms with Crippen molar-refractivity contribution < 1.29 is 22.7 Å². The van der Waals surface area contributed by atoms with Crippen LogP contribution in [0.3, 0.4) is 0 Å². The van der Waals surface area contributed by atoms with Crippen molar-refractivity contribution in [3.63, 3.8) is 0 Å². The molecule has 0 aromatic heterocycles. The van der Waals surface area contributed by atoms with E-state index in [1.807, 2.05) is 0 Å². The number of hydrogen-bond donors (Lipinski definition) is 2. The van der Waals surface area contributed by atoms with Gasteiger partial charge >= 0.3 is 6.36 Å². The van der Waals surface area contributed by atoms with E-state index in [0.29, 0.717) is 18.5 Å². The molecule has 1 aromatic rings. The van der Waals surface area contributed by atoms with Gasteiger partial charge in [-0.2, -0.15) is 0 Å². The van der Waals surface area contributed by atoms with Crippen molar-refractivity contribution in [2.75, 3.05) is 5.32 Å². The summed E-state index contributed by atoms with van der Waals surface area (Å²) in [6.45, 7) is 0. The first-order valence-corrected chi connectivity index (χ1v) is 5.25. The molecule has 1 amide bonds. The second-order valence-electron chi connectivity index (χ2n) is 4.18. The van der Waals surface area contributed by atoms with Crippen LogP contribution in [0.15, 0.2) is 24.3 Å². The Morgan fingerprint density at radius 2 is 1.83 bits per heavy atom. The predicted molar refractivity (Wildman–Crippen MR) is 57.9 cm³/mol. The summed E-state index contributed by atoms with van der Waals surface area (Å²) < 4.78 is 39.4. The number of amides is 1. The third-order valence-electron chi connectivity index (χ3n) is 2.59. The van der Waals surface area contributed by atoms with E-state index in [4.69, 9.17) is 5.73 Å². The maximum absolute atomic E-state index is 11.9. The van der Waals surface area contributed by atoms with Crippen LogP contribution in [0.2, 0.25) is 0 Å². The Hall–Kier alpha value is -1.76. The zero-order chi connectivity index (χ0) is 13.4. The minimum Gasteiger partial charge on any atom is -0.406 e. The molecule has 4 nitrogen and oxygen atoms in total.